The lowest BCUT2D eigenvalue weighted by molar-refractivity contribution is 0.181. The molecule has 7 nitrogen and oxygen atoms in total. The Morgan fingerprint density at radius 2 is 2.07 bits per heavy atom. The number of carbonyl (C=O) groups is 1. The third-order valence-electron chi connectivity index (χ3n) is 5.38. The molecule has 0 radical (unpaired) electrons. The second-order valence-corrected chi connectivity index (χ2v) is 8.13. The quantitative estimate of drug-likeness (QED) is 0.530. The number of hydrogen-bond donors (Lipinski definition) is 3. The van der Waals surface area contributed by atoms with Crippen molar-refractivity contribution in [2.24, 2.45) is 0 Å². The SMILES string of the molecule is CCC.Cc1cc(C(=N)c2cc3c(cc2N)NC(=O)N(C2CCN(C)C2)C3)ccn1. The molecule has 0 bridgehead atoms. The van der Waals surface area contributed by atoms with Gasteiger partial charge in [0.05, 0.1) is 5.71 Å². The van der Waals surface area contributed by atoms with Crippen molar-refractivity contribution in [3.05, 3.63) is 52.8 Å². The van der Waals surface area contributed by atoms with Crippen molar-refractivity contribution in [1.82, 2.24) is 14.8 Å². The van der Waals surface area contributed by atoms with Crippen LogP contribution in [0.2, 0.25) is 0 Å². The van der Waals surface area contributed by atoms with Gasteiger partial charge in [-0.1, -0.05) is 20.3 Å². The fourth-order valence-electron chi connectivity index (χ4n) is 3.88. The summed E-state index contributed by atoms with van der Waals surface area (Å²) in [5.74, 6) is 0. The Morgan fingerprint density at radius 1 is 1.33 bits per heavy atom. The monoisotopic (exact) mass is 408 g/mol. The zero-order valence-corrected chi connectivity index (χ0v) is 18.3. The lowest BCUT2D eigenvalue weighted by Gasteiger charge is -2.34. The van der Waals surface area contributed by atoms with Crippen molar-refractivity contribution in [2.75, 3.05) is 31.2 Å². The number of benzene rings is 1. The van der Waals surface area contributed by atoms with Crippen LogP contribution in [0.15, 0.2) is 30.5 Å². The summed E-state index contributed by atoms with van der Waals surface area (Å²) >= 11 is 0. The molecule has 2 amide bonds. The molecule has 4 N–H and O–H groups in total. The molecule has 0 aliphatic carbocycles. The minimum atomic E-state index is -0.0743. The molecule has 0 spiro atoms. The molecule has 2 aliphatic rings. The van der Waals surface area contributed by atoms with Crippen LogP contribution >= 0.6 is 0 Å². The summed E-state index contributed by atoms with van der Waals surface area (Å²) < 4.78 is 0. The van der Waals surface area contributed by atoms with Gasteiger partial charge in [-0.15, -0.1) is 0 Å². The van der Waals surface area contributed by atoms with Gasteiger partial charge >= 0.3 is 6.03 Å². The molecular weight excluding hydrogens is 376 g/mol. The Morgan fingerprint density at radius 3 is 2.70 bits per heavy atom. The number of urea groups is 1. The normalized spacial score (nSPS) is 18.3. The molecule has 160 valence electrons. The summed E-state index contributed by atoms with van der Waals surface area (Å²) in [4.78, 5) is 20.9. The molecule has 1 fully saturated rings. The van der Waals surface area contributed by atoms with E-state index in [4.69, 9.17) is 11.1 Å². The second kappa shape index (κ2) is 9.26. The Bertz CT molecular complexity index is 941. The van der Waals surface area contributed by atoms with Crippen molar-refractivity contribution >= 4 is 23.1 Å². The Labute approximate surface area is 178 Å². The smallest absolute Gasteiger partial charge is 0.322 e. The maximum absolute atomic E-state index is 12.5. The van der Waals surface area contributed by atoms with E-state index in [1.54, 1.807) is 12.3 Å². The molecule has 30 heavy (non-hydrogen) atoms. The number of likely N-dealkylation sites (tertiary alicyclic amines) is 1. The number of rotatable bonds is 3. The van der Waals surface area contributed by atoms with Gasteiger partial charge in [0, 0.05) is 53.5 Å². The number of pyridine rings is 1. The van der Waals surface area contributed by atoms with Gasteiger partial charge in [0.1, 0.15) is 0 Å². The van der Waals surface area contributed by atoms with Gasteiger partial charge in [-0.3, -0.25) is 10.4 Å². The summed E-state index contributed by atoms with van der Waals surface area (Å²) in [5.41, 5.74) is 11.1. The van der Waals surface area contributed by atoms with Gasteiger partial charge in [0.25, 0.3) is 0 Å². The van der Waals surface area contributed by atoms with E-state index in [-0.39, 0.29) is 12.1 Å². The first kappa shape index (κ1) is 21.8. The van der Waals surface area contributed by atoms with Crippen LogP contribution in [0.5, 0.6) is 0 Å². The van der Waals surface area contributed by atoms with Crippen LogP contribution in [0.4, 0.5) is 16.2 Å². The number of amides is 2. The Kier molecular flexibility index (Phi) is 6.72. The largest absolute Gasteiger partial charge is 0.398 e. The van der Waals surface area contributed by atoms with E-state index in [9.17, 15) is 4.79 Å². The maximum atomic E-state index is 12.5. The average molecular weight is 409 g/mol. The van der Waals surface area contributed by atoms with Gasteiger partial charge in [0.2, 0.25) is 0 Å². The lowest BCUT2D eigenvalue weighted by atomic mass is 9.96. The number of fused-ring (bicyclic) bond motifs is 1. The third kappa shape index (κ3) is 4.62. The number of carbonyl (C=O) groups excluding carboxylic acids is 1. The van der Waals surface area contributed by atoms with E-state index in [1.165, 1.54) is 6.42 Å². The summed E-state index contributed by atoms with van der Waals surface area (Å²) in [7, 11) is 2.08. The maximum Gasteiger partial charge on any atom is 0.322 e. The standard InChI is InChI=1S/C20H24N6O.C3H8/c1-12-7-13(3-5-23-12)19(22)16-8-14-10-26(15-4-6-25(2)11-15)20(27)24-18(14)9-17(16)21;1-3-2/h3,5,7-9,15,22H,4,6,10-11,21H2,1-2H3,(H,24,27);3H2,1-2H3. The van der Waals surface area contributed by atoms with Crippen LogP contribution in [0, 0.1) is 12.3 Å². The van der Waals surface area contributed by atoms with E-state index >= 15 is 0 Å². The van der Waals surface area contributed by atoms with Crippen LogP contribution in [0.1, 0.15) is 49.1 Å². The number of aromatic nitrogens is 1. The molecule has 2 aromatic rings. The van der Waals surface area contributed by atoms with E-state index < -0.39 is 0 Å². The molecule has 1 aromatic carbocycles. The number of nitrogens with zero attached hydrogens (tertiary/aromatic N) is 3. The molecule has 3 heterocycles. The fraction of sp³-hybridized carbons (Fsp3) is 0.435. The molecule has 1 unspecified atom stereocenters. The average Bonchev–Trinajstić information content (AvgIpc) is 3.13. The number of hydrogen-bond acceptors (Lipinski definition) is 5. The van der Waals surface area contributed by atoms with Crippen molar-refractivity contribution in [3.8, 4) is 0 Å². The predicted molar refractivity (Wildman–Crippen MR) is 122 cm³/mol. The lowest BCUT2D eigenvalue weighted by Crippen LogP contribution is -2.46. The molecular formula is C23H32N6O. The number of anilines is 2. The van der Waals surface area contributed by atoms with Gasteiger partial charge in [-0.2, -0.15) is 0 Å². The summed E-state index contributed by atoms with van der Waals surface area (Å²) in [5, 5.41) is 11.6. The van der Waals surface area contributed by atoms with Crippen LogP contribution < -0.4 is 11.1 Å². The molecule has 1 saturated heterocycles. The van der Waals surface area contributed by atoms with E-state index in [1.807, 2.05) is 30.0 Å². The fourth-order valence-corrected chi connectivity index (χ4v) is 3.88. The highest BCUT2D eigenvalue weighted by Crippen LogP contribution is 2.31. The summed E-state index contributed by atoms with van der Waals surface area (Å²) in [6.07, 6.45) is 3.93. The molecule has 1 atom stereocenters. The van der Waals surface area contributed by atoms with Crippen LogP contribution in [0.3, 0.4) is 0 Å². The topological polar surface area (TPSA) is 98.3 Å². The number of aryl methyl sites for hydroxylation is 1. The number of likely N-dealkylation sites (N-methyl/N-ethyl adjacent to an activating group) is 1. The zero-order chi connectivity index (χ0) is 21.8. The highest BCUT2D eigenvalue weighted by Gasteiger charge is 2.33. The second-order valence-electron chi connectivity index (χ2n) is 8.13. The van der Waals surface area contributed by atoms with Crippen molar-refractivity contribution in [3.63, 3.8) is 0 Å². The Balaban J connectivity index is 0.000000806. The molecule has 0 saturated carbocycles. The van der Waals surface area contributed by atoms with Crippen LogP contribution in [0.25, 0.3) is 0 Å². The molecule has 1 aromatic heterocycles. The highest BCUT2D eigenvalue weighted by atomic mass is 16.2. The van der Waals surface area contributed by atoms with E-state index in [2.05, 4.69) is 36.1 Å². The summed E-state index contributed by atoms with van der Waals surface area (Å²) in [6, 6.07) is 7.54. The van der Waals surface area contributed by atoms with Crippen LogP contribution in [-0.4, -0.2) is 52.7 Å². The van der Waals surface area contributed by atoms with Gasteiger partial charge in [-0.05, 0) is 56.8 Å². The molecule has 4 rings (SSSR count). The minimum Gasteiger partial charge on any atom is -0.398 e. The minimum absolute atomic E-state index is 0.0743. The molecule has 2 aliphatic heterocycles. The van der Waals surface area contributed by atoms with Crippen molar-refractivity contribution < 1.29 is 4.79 Å². The van der Waals surface area contributed by atoms with Crippen molar-refractivity contribution in [1.29, 1.82) is 5.41 Å². The number of nitrogens with one attached hydrogen (secondary N) is 2. The first-order chi connectivity index (χ1) is 14.3. The van der Waals surface area contributed by atoms with Gasteiger partial charge in [0.15, 0.2) is 0 Å². The van der Waals surface area contributed by atoms with Crippen LogP contribution in [-0.2, 0) is 6.54 Å². The zero-order valence-electron chi connectivity index (χ0n) is 18.3. The van der Waals surface area contributed by atoms with E-state index in [0.717, 1.165) is 42.0 Å². The number of nitrogens with two attached hydrogens (primary N) is 1. The van der Waals surface area contributed by atoms with Gasteiger partial charge < -0.3 is 20.9 Å². The van der Waals surface area contributed by atoms with Crippen molar-refractivity contribution in [2.45, 2.75) is 46.2 Å². The predicted octanol–water partition coefficient (Wildman–Crippen LogP) is 3.86. The summed E-state index contributed by atoms with van der Waals surface area (Å²) in [6.45, 7) is 8.58. The first-order valence-electron chi connectivity index (χ1n) is 10.5. The number of nitrogen functional groups attached to an aromatic ring is 1. The molecule has 7 heteroatoms. The third-order valence-corrected chi connectivity index (χ3v) is 5.38. The van der Waals surface area contributed by atoms with Gasteiger partial charge in [-0.25, -0.2) is 4.79 Å². The van der Waals surface area contributed by atoms with E-state index in [0.29, 0.717) is 23.5 Å². The first-order valence-corrected chi connectivity index (χ1v) is 10.5. The Hall–Kier alpha value is -2.93. The highest BCUT2D eigenvalue weighted by molar-refractivity contribution is 6.14.